The highest BCUT2D eigenvalue weighted by atomic mass is 32.2. The summed E-state index contributed by atoms with van der Waals surface area (Å²) in [5.41, 5.74) is 5.20. The summed E-state index contributed by atoms with van der Waals surface area (Å²) in [5.74, 6) is 0.725. The largest absolute Gasteiger partial charge is 0.467 e. The van der Waals surface area contributed by atoms with Crippen molar-refractivity contribution in [3.05, 3.63) is 73.8 Å². The lowest BCUT2D eigenvalue weighted by Crippen LogP contribution is -2.25. The van der Waals surface area contributed by atoms with E-state index in [-0.39, 0.29) is 17.2 Å². The number of rotatable bonds is 6. The van der Waals surface area contributed by atoms with Crippen LogP contribution in [0.25, 0.3) is 10.2 Å². The molecule has 6 nitrogen and oxygen atoms in total. The number of nitrogens with one attached hydrogen (secondary N) is 1. The van der Waals surface area contributed by atoms with Gasteiger partial charge in [0.15, 0.2) is 5.16 Å². The van der Waals surface area contributed by atoms with Crippen LogP contribution < -0.4 is 10.9 Å². The minimum Gasteiger partial charge on any atom is -0.467 e. The third-order valence-corrected chi connectivity index (χ3v) is 8.37. The molecule has 1 aromatic carbocycles. The summed E-state index contributed by atoms with van der Waals surface area (Å²) >= 11 is 2.92. The Hall–Kier alpha value is -2.84. The zero-order chi connectivity index (χ0) is 23.8. The van der Waals surface area contributed by atoms with Gasteiger partial charge < -0.3 is 9.73 Å². The van der Waals surface area contributed by atoms with Crippen molar-refractivity contribution in [1.29, 1.82) is 0 Å². The smallest absolute Gasteiger partial charge is 0.263 e. The first-order valence-corrected chi connectivity index (χ1v) is 13.3. The zero-order valence-corrected chi connectivity index (χ0v) is 21.2. The first kappa shape index (κ1) is 22.9. The average molecular weight is 494 g/mol. The number of anilines is 1. The number of nitrogens with zero attached hydrogens (tertiary/aromatic N) is 2. The second-order valence-corrected chi connectivity index (χ2v) is 10.9. The van der Waals surface area contributed by atoms with Crippen molar-refractivity contribution in [2.75, 3.05) is 11.1 Å². The second kappa shape index (κ2) is 9.43. The molecular weight excluding hydrogens is 466 g/mol. The fourth-order valence-electron chi connectivity index (χ4n) is 4.71. The van der Waals surface area contributed by atoms with Gasteiger partial charge >= 0.3 is 0 Å². The molecule has 34 heavy (non-hydrogen) atoms. The fourth-order valence-corrected chi connectivity index (χ4v) is 6.81. The summed E-state index contributed by atoms with van der Waals surface area (Å²) in [4.78, 5) is 33.4. The van der Waals surface area contributed by atoms with Gasteiger partial charge in [-0.25, -0.2) is 4.98 Å². The summed E-state index contributed by atoms with van der Waals surface area (Å²) in [5, 5.41) is 4.32. The van der Waals surface area contributed by atoms with Crippen LogP contribution in [-0.2, 0) is 24.2 Å². The fraction of sp³-hybridized carbons (Fsp3) is 0.346. The molecule has 3 aromatic heterocycles. The predicted octanol–water partition coefficient (Wildman–Crippen LogP) is 5.63. The maximum absolute atomic E-state index is 13.6. The number of aryl methyl sites for hydroxylation is 5. The van der Waals surface area contributed by atoms with Crippen molar-refractivity contribution in [1.82, 2.24) is 9.55 Å². The lowest BCUT2D eigenvalue weighted by molar-refractivity contribution is -0.113. The van der Waals surface area contributed by atoms with Crippen molar-refractivity contribution in [2.24, 2.45) is 0 Å². The Morgan fingerprint density at radius 2 is 1.97 bits per heavy atom. The minimum atomic E-state index is -0.121. The number of carbonyl (C=O) groups excluding carboxylic acids is 1. The number of fused-ring (bicyclic) bond motifs is 3. The Labute approximate surface area is 206 Å². The maximum atomic E-state index is 13.6. The summed E-state index contributed by atoms with van der Waals surface area (Å²) in [6.07, 6.45) is 5.79. The van der Waals surface area contributed by atoms with E-state index in [0.29, 0.717) is 17.5 Å². The van der Waals surface area contributed by atoms with E-state index < -0.39 is 0 Å². The molecule has 3 heterocycles. The molecule has 0 bridgehead atoms. The Balaban J connectivity index is 1.46. The molecule has 0 fully saturated rings. The van der Waals surface area contributed by atoms with Gasteiger partial charge in [0.05, 0.1) is 23.9 Å². The molecule has 0 aliphatic heterocycles. The number of benzene rings is 1. The average Bonchev–Trinajstić information content (AvgIpc) is 3.44. The van der Waals surface area contributed by atoms with E-state index in [1.807, 2.05) is 32.9 Å². The quantitative estimate of drug-likeness (QED) is 0.278. The first-order chi connectivity index (χ1) is 16.4. The van der Waals surface area contributed by atoms with E-state index in [2.05, 4.69) is 17.4 Å². The number of carbonyl (C=O) groups is 1. The van der Waals surface area contributed by atoms with Gasteiger partial charge in [0.25, 0.3) is 5.56 Å². The highest BCUT2D eigenvalue weighted by molar-refractivity contribution is 7.99. The van der Waals surface area contributed by atoms with Gasteiger partial charge in [-0.15, -0.1) is 11.3 Å². The first-order valence-electron chi connectivity index (χ1n) is 11.5. The van der Waals surface area contributed by atoms with Gasteiger partial charge in [-0.3, -0.25) is 14.2 Å². The van der Waals surface area contributed by atoms with Crippen LogP contribution in [0.15, 0.2) is 44.9 Å². The number of furan rings is 1. The lowest BCUT2D eigenvalue weighted by atomic mass is 9.97. The van der Waals surface area contributed by atoms with Crippen molar-refractivity contribution in [3.63, 3.8) is 0 Å². The number of hydrogen-bond acceptors (Lipinski definition) is 6. The number of hydrogen-bond donors (Lipinski definition) is 1. The molecule has 0 saturated heterocycles. The van der Waals surface area contributed by atoms with Gasteiger partial charge in [-0.2, -0.15) is 0 Å². The zero-order valence-electron chi connectivity index (χ0n) is 19.6. The SMILES string of the molecule is Cc1cc(C)c(NC(=O)CSc2nc3sc4c(c3c(=O)n2Cc2ccco2)CCCC4)c(C)c1. The van der Waals surface area contributed by atoms with E-state index >= 15 is 0 Å². The number of thioether (sulfide) groups is 1. The summed E-state index contributed by atoms with van der Waals surface area (Å²) in [6, 6.07) is 7.78. The van der Waals surface area contributed by atoms with E-state index in [1.165, 1.54) is 22.2 Å². The van der Waals surface area contributed by atoms with E-state index in [4.69, 9.17) is 9.40 Å². The number of amides is 1. The standard InChI is InChI=1S/C26H27N3O3S2/c1-15-11-16(2)23(17(3)12-15)27-21(30)14-33-26-28-24-22(19-8-4-5-9-20(19)34-24)25(31)29(26)13-18-7-6-10-32-18/h6-7,10-12H,4-5,8-9,13-14H2,1-3H3,(H,27,30). The Morgan fingerprint density at radius 1 is 1.21 bits per heavy atom. The van der Waals surface area contributed by atoms with Gasteiger partial charge in [0, 0.05) is 10.6 Å². The van der Waals surface area contributed by atoms with Crippen LogP contribution in [0.2, 0.25) is 0 Å². The normalized spacial score (nSPS) is 13.3. The molecule has 176 valence electrons. The van der Waals surface area contributed by atoms with Crippen LogP contribution in [0.5, 0.6) is 0 Å². The van der Waals surface area contributed by atoms with E-state index in [1.54, 1.807) is 22.2 Å². The summed E-state index contributed by atoms with van der Waals surface area (Å²) < 4.78 is 7.18. The Morgan fingerprint density at radius 3 is 2.71 bits per heavy atom. The van der Waals surface area contributed by atoms with Gasteiger partial charge in [0.1, 0.15) is 10.6 Å². The van der Waals surface area contributed by atoms with Crippen LogP contribution in [0.1, 0.15) is 45.7 Å². The maximum Gasteiger partial charge on any atom is 0.263 e. The van der Waals surface area contributed by atoms with Crippen LogP contribution in [0.4, 0.5) is 5.69 Å². The topological polar surface area (TPSA) is 77.1 Å². The molecule has 4 aromatic rings. The monoisotopic (exact) mass is 493 g/mol. The predicted molar refractivity (Wildman–Crippen MR) is 138 cm³/mol. The molecule has 8 heteroatoms. The molecule has 1 N–H and O–H groups in total. The van der Waals surface area contributed by atoms with Crippen molar-refractivity contribution < 1.29 is 9.21 Å². The molecular formula is C26H27N3O3S2. The van der Waals surface area contributed by atoms with Crippen molar-refractivity contribution >= 4 is 44.9 Å². The van der Waals surface area contributed by atoms with Crippen LogP contribution in [-0.4, -0.2) is 21.2 Å². The molecule has 0 unspecified atom stereocenters. The minimum absolute atomic E-state index is 0.0473. The molecule has 1 amide bonds. The lowest BCUT2D eigenvalue weighted by Gasteiger charge is -2.14. The molecule has 0 radical (unpaired) electrons. The third kappa shape index (κ3) is 4.44. The van der Waals surface area contributed by atoms with E-state index in [9.17, 15) is 9.59 Å². The summed E-state index contributed by atoms with van der Waals surface area (Å²) in [6.45, 7) is 6.33. The van der Waals surface area contributed by atoms with Gasteiger partial charge in [-0.1, -0.05) is 29.5 Å². The molecule has 0 saturated carbocycles. The molecule has 5 rings (SSSR count). The van der Waals surface area contributed by atoms with Crippen molar-refractivity contribution in [3.8, 4) is 0 Å². The van der Waals surface area contributed by atoms with Gasteiger partial charge in [0.2, 0.25) is 5.91 Å². The Bertz CT molecular complexity index is 1410. The molecule has 0 atom stereocenters. The molecule has 0 spiro atoms. The molecule has 1 aliphatic carbocycles. The number of thiophene rings is 1. The van der Waals surface area contributed by atoms with Gasteiger partial charge in [-0.05, 0) is 75.3 Å². The number of aromatic nitrogens is 2. The molecule has 1 aliphatic rings. The second-order valence-electron chi connectivity index (χ2n) is 8.87. The highest BCUT2D eigenvalue weighted by Gasteiger charge is 2.23. The Kier molecular flexibility index (Phi) is 6.36. The van der Waals surface area contributed by atoms with Crippen LogP contribution >= 0.6 is 23.1 Å². The van der Waals surface area contributed by atoms with E-state index in [0.717, 1.165) is 58.3 Å². The van der Waals surface area contributed by atoms with Crippen LogP contribution in [0.3, 0.4) is 0 Å². The van der Waals surface area contributed by atoms with Crippen molar-refractivity contribution in [2.45, 2.75) is 58.2 Å². The third-order valence-electron chi connectivity index (χ3n) is 6.21. The highest BCUT2D eigenvalue weighted by Crippen LogP contribution is 2.35. The van der Waals surface area contributed by atoms with Crippen LogP contribution in [0, 0.1) is 20.8 Å². The summed E-state index contributed by atoms with van der Waals surface area (Å²) in [7, 11) is 0.